The van der Waals surface area contributed by atoms with Gasteiger partial charge in [0.15, 0.2) is 10.9 Å². The van der Waals surface area contributed by atoms with E-state index in [1.165, 1.54) is 0 Å². The first kappa shape index (κ1) is 14.2. The predicted molar refractivity (Wildman–Crippen MR) is 93.4 cm³/mol. The fourth-order valence-corrected chi connectivity index (χ4v) is 3.96. The van der Waals surface area contributed by atoms with E-state index in [1.54, 1.807) is 11.3 Å². The SMILES string of the molecule is Cc1cc(/C=C2\Cc3ccccc3C2=O)c(C)n1-c1nccs1. The molecule has 0 atom stereocenters. The van der Waals surface area contributed by atoms with E-state index in [-0.39, 0.29) is 5.78 Å². The standard InChI is InChI=1S/C19H16N2OS/c1-12-9-15(13(2)21(12)19-20-7-8-23-19)11-16-10-14-5-3-4-6-17(14)18(16)22/h3-9,11H,10H2,1-2H3/b16-11+. The Morgan fingerprint density at radius 2 is 2.09 bits per heavy atom. The third-order valence-corrected chi connectivity index (χ3v) is 5.10. The molecule has 2 aromatic heterocycles. The van der Waals surface area contributed by atoms with E-state index in [9.17, 15) is 4.79 Å². The van der Waals surface area contributed by atoms with E-state index in [0.717, 1.165) is 45.2 Å². The molecule has 0 aliphatic heterocycles. The van der Waals surface area contributed by atoms with Gasteiger partial charge in [-0.3, -0.25) is 9.36 Å². The number of aryl methyl sites for hydroxylation is 1. The number of aromatic nitrogens is 2. The second kappa shape index (κ2) is 5.32. The maximum absolute atomic E-state index is 12.5. The molecule has 114 valence electrons. The highest BCUT2D eigenvalue weighted by molar-refractivity contribution is 7.12. The summed E-state index contributed by atoms with van der Waals surface area (Å²) < 4.78 is 2.14. The zero-order valence-corrected chi connectivity index (χ0v) is 13.9. The molecule has 0 N–H and O–H groups in total. The Hall–Kier alpha value is -2.46. The molecule has 3 aromatic rings. The number of rotatable bonds is 2. The molecule has 1 aliphatic rings. The van der Waals surface area contributed by atoms with Gasteiger partial charge in [-0.1, -0.05) is 24.3 Å². The monoisotopic (exact) mass is 320 g/mol. The van der Waals surface area contributed by atoms with Gasteiger partial charge in [-0.2, -0.15) is 0 Å². The normalized spacial score (nSPS) is 15.4. The molecule has 0 saturated carbocycles. The summed E-state index contributed by atoms with van der Waals surface area (Å²) in [7, 11) is 0. The number of hydrogen-bond acceptors (Lipinski definition) is 3. The average molecular weight is 320 g/mol. The Balaban J connectivity index is 1.77. The highest BCUT2D eigenvalue weighted by Crippen LogP contribution is 2.30. The minimum Gasteiger partial charge on any atom is -0.294 e. The summed E-state index contributed by atoms with van der Waals surface area (Å²) in [5.74, 6) is 0.152. The van der Waals surface area contributed by atoms with Gasteiger partial charge in [0.05, 0.1) is 0 Å². The second-order valence-corrected chi connectivity index (χ2v) is 6.68. The van der Waals surface area contributed by atoms with Crippen LogP contribution in [0.5, 0.6) is 0 Å². The van der Waals surface area contributed by atoms with Gasteiger partial charge in [-0.25, -0.2) is 4.98 Å². The molecule has 0 saturated heterocycles. The highest BCUT2D eigenvalue weighted by atomic mass is 32.1. The molecule has 0 fully saturated rings. The van der Waals surface area contributed by atoms with Gasteiger partial charge < -0.3 is 0 Å². The van der Waals surface area contributed by atoms with E-state index in [1.807, 2.05) is 41.9 Å². The van der Waals surface area contributed by atoms with Crippen LogP contribution in [0.4, 0.5) is 0 Å². The molecule has 0 spiro atoms. The largest absolute Gasteiger partial charge is 0.294 e. The molecule has 0 unspecified atom stereocenters. The van der Waals surface area contributed by atoms with Gasteiger partial charge in [0, 0.05) is 40.5 Å². The van der Waals surface area contributed by atoms with Gasteiger partial charge in [0.1, 0.15) is 0 Å². The molecule has 3 nitrogen and oxygen atoms in total. The predicted octanol–water partition coefficient (Wildman–Crippen LogP) is 4.37. The lowest BCUT2D eigenvalue weighted by Crippen LogP contribution is -1.98. The van der Waals surface area contributed by atoms with Crippen LogP contribution in [0.3, 0.4) is 0 Å². The van der Waals surface area contributed by atoms with Crippen LogP contribution in [0.2, 0.25) is 0 Å². The maximum Gasteiger partial charge on any atom is 0.193 e. The van der Waals surface area contributed by atoms with Crippen molar-refractivity contribution in [2.24, 2.45) is 0 Å². The first-order chi connectivity index (χ1) is 11.1. The number of hydrogen-bond donors (Lipinski definition) is 0. The Morgan fingerprint density at radius 3 is 2.83 bits per heavy atom. The first-order valence-corrected chi connectivity index (χ1v) is 8.45. The molecular formula is C19H16N2OS. The van der Waals surface area contributed by atoms with Crippen LogP contribution in [0.15, 0.2) is 47.5 Å². The number of allylic oxidation sites excluding steroid dienone is 1. The molecule has 0 radical (unpaired) electrons. The summed E-state index contributed by atoms with van der Waals surface area (Å²) >= 11 is 1.61. The van der Waals surface area contributed by atoms with Crippen molar-refractivity contribution in [3.05, 3.63) is 75.6 Å². The number of nitrogens with zero attached hydrogens (tertiary/aromatic N) is 2. The van der Waals surface area contributed by atoms with E-state index in [2.05, 4.69) is 29.5 Å². The fourth-order valence-electron chi connectivity index (χ4n) is 3.21. The number of carbonyl (C=O) groups excluding carboxylic acids is 1. The summed E-state index contributed by atoms with van der Waals surface area (Å²) in [4.78, 5) is 16.9. The molecule has 23 heavy (non-hydrogen) atoms. The van der Waals surface area contributed by atoms with Crippen LogP contribution in [-0.2, 0) is 6.42 Å². The molecule has 1 aromatic carbocycles. The Morgan fingerprint density at radius 1 is 1.26 bits per heavy atom. The van der Waals surface area contributed by atoms with Gasteiger partial charge in [0.25, 0.3) is 0 Å². The third-order valence-electron chi connectivity index (χ3n) is 4.35. The van der Waals surface area contributed by atoms with Crippen LogP contribution in [0.1, 0.15) is 32.9 Å². The molecule has 1 aliphatic carbocycles. The number of thiazole rings is 1. The zero-order chi connectivity index (χ0) is 16.0. The minimum atomic E-state index is 0.152. The number of fused-ring (bicyclic) bond motifs is 1. The van der Waals surface area contributed by atoms with Crippen molar-refractivity contribution in [2.75, 3.05) is 0 Å². The lowest BCUT2D eigenvalue weighted by atomic mass is 10.1. The van der Waals surface area contributed by atoms with Crippen molar-refractivity contribution in [3.63, 3.8) is 0 Å². The Labute approximate surface area is 138 Å². The smallest absolute Gasteiger partial charge is 0.193 e. The topological polar surface area (TPSA) is 34.9 Å². The van der Waals surface area contributed by atoms with Gasteiger partial charge in [0.2, 0.25) is 0 Å². The molecule has 4 heteroatoms. The highest BCUT2D eigenvalue weighted by Gasteiger charge is 2.24. The van der Waals surface area contributed by atoms with Crippen molar-refractivity contribution >= 4 is 23.2 Å². The quantitative estimate of drug-likeness (QED) is 0.657. The van der Waals surface area contributed by atoms with E-state index in [4.69, 9.17) is 0 Å². The summed E-state index contributed by atoms with van der Waals surface area (Å²) in [5, 5.41) is 2.94. The maximum atomic E-state index is 12.5. The second-order valence-electron chi connectivity index (χ2n) is 5.81. The van der Waals surface area contributed by atoms with Crippen LogP contribution in [0.25, 0.3) is 11.2 Å². The van der Waals surface area contributed by atoms with Crippen molar-refractivity contribution in [2.45, 2.75) is 20.3 Å². The van der Waals surface area contributed by atoms with Crippen LogP contribution < -0.4 is 0 Å². The van der Waals surface area contributed by atoms with Gasteiger partial charge >= 0.3 is 0 Å². The molecule has 0 bridgehead atoms. The summed E-state index contributed by atoms with van der Waals surface area (Å²) in [6.45, 7) is 4.15. The number of ketones is 1. The zero-order valence-electron chi connectivity index (χ0n) is 13.0. The fraction of sp³-hybridized carbons (Fsp3) is 0.158. The lowest BCUT2D eigenvalue weighted by Gasteiger charge is -2.04. The average Bonchev–Trinajstić information content (AvgIpc) is 3.22. The summed E-state index contributed by atoms with van der Waals surface area (Å²) in [6, 6.07) is 9.99. The third kappa shape index (κ3) is 2.26. The van der Waals surface area contributed by atoms with Crippen molar-refractivity contribution in [1.29, 1.82) is 0 Å². The first-order valence-electron chi connectivity index (χ1n) is 7.57. The molecule has 2 heterocycles. The minimum absolute atomic E-state index is 0.152. The number of Topliss-reactive ketones (excluding diaryl/α,β-unsaturated/α-hetero) is 1. The Bertz CT molecular complexity index is 932. The van der Waals surface area contributed by atoms with Crippen molar-refractivity contribution < 1.29 is 4.79 Å². The van der Waals surface area contributed by atoms with Crippen LogP contribution in [0, 0.1) is 13.8 Å². The summed E-state index contributed by atoms with van der Waals surface area (Å²) in [5.41, 5.74) is 6.17. The molecule has 0 amide bonds. The van der Waals surface area contributed by atoms with Crippen LogP contribution >= 0.6 is 11.3 Å². The number of carbonyl (C=O) groups is 1. The van der Waals surface area contributed by atoms with Crippen LogP contribution in [-0.4, -0.2) is 15.3 Å². The summed E-state index contributed by atoms with van der Waals surface area (Å²) in [6.07, 6.45) is 4.57. The van der Waals surface area contributed by atoms with Gasteiger partial charge in [-0.15, -0.1) is 11.3 Å². The Kier molecular flexibility index (Phi) is 3.27. The lowest BCUT2D eigenvalue weighted by molar-refractivity contribution is 0.104. The van der Waals surface area contributed by atoms with E-state index >= 15 is 0 Å². The number of benzene rings is 1. The van der Waals surface area contributed by atoms with Gasteiger partial charge in [-0.05, 0) is 37.1 Å². The molecular weight excluding hydrogens is 304 g/mol. The van der Waals surface area contributed by atoms with Crippen molar-refractivity contribution in [3.8, 4) is 5.13 Å². The van der Waals surface area contributed by atoms with E-state index in [0.29, 0.717) is 0 Å². The van der Waals surface area contributed by atoms with E-state index < -0.39 is 0 Å². The molecule has 4 rings (SSSR count). The van der Waals surface area contributed by atoms with Crippen molar-refractivity contribution in [1.82, 2.24) is 9.55 Å².